The van der Waals surface area contributed by atoms with Gasteiger partial charge in [0.2, 0.25) is 5.91 Å². The average Bonchev–Trinajstić information content (AvgIpc) is 2.59. The van der Waals surface area contributed by atoms with E-state index in [0.29, 0.717) is 5.69 Å². The Morgan fingerprint density at radius 1 is 1.21 bits per heavy atom. The monoisotopic (exact) mass is 321 g/mol. The van der Waals surface area contributed by atoms with Crippen LogP contribution in [0.4, 0.5) is 5.69 Å². The minimum atomic E-state index is -0.127. The van der Waals surface area contributed by atoms with Crippen molar-refractivity contribution in [2.24, 2.45) is 4.99 Å². The minimum Gasteiger partial charge on any atom is -0.380 e. The fourth-order valence-corrected chi connectivity index (χ4v) is 1.84. The summed E-state index contributed by atoms with van der Waals surface area (Å²) < 4.78 is 0. The van der Waals surface area contributed by atoms with Gasteiger partial charge in [0, 0.05) is 29.4 Å². The maximum absolute atomic E-state index is 12.0. The largest absolute Gasteiger partial charge is 0.380 e. The molecule has 1 aromatic rings. The van der Waals surface area contributed by atoms with Crippen molar-refractivity contribution >= 4 is 23.9 Å². The van der Waals surface area contributed by atoms with Crippen molar-refractivity contribution < 1.29 is 4.79 Å². The van der Waals surface area contributed by atoms with Crippen LogP contribution in [0.15, 0.2) is 79.1 Å². The number of anilines is 1. The first-order valence-corrected chi connectivity index (χ1v) is 7.51. The highest BCUT2D eigenvalue weighted by Crippen LogP contribution is 2.16. The molecule has 0 fully saturated rings. The number of aliphatic imine (C=N–C) groups is 1. The normalized spacial score (nSPS) is 11.5. The summed E-state index contributed by atoms with van der Waals surface area (Å²) in [6.45, 7) is 13.0. The Morgan fingerprint density at radius 2 is 2.00 bits per heavy atom. The lowest BCUT2D eigenvalue weighted by molar-refractivity contribution is -0.115. The van der Waals surface area contributed by atoms with E-state index in [1.54, 1.807) is 18.4 Å². The van der Waals surface area contributed by atoms with Crippen LogP contribution in [0.5, 0.6) is 0 Å². The van der Waals surface area contributed by atoms with Crippen LogP contribution in [0.2, 0.25) is 0 Å². The van der Waals surface area contributed by atoms with Gasteiger partial charge in [-0.2, -0.15) is 0 Å². The van der Waals surface area contributed by atoms with E-state index in [-0.39, 0.29) is 12.5 Å². The predicted octanol–water partition coefficient (Wildman–Crippen LogP) is 4.07. The van der Waals surface area contributed by atoms with Gasteiger partial charge in [-0.05, 0) is 30.7 Å². The average molecular weight is 321 g/mol. The van der Waals surface area contributed by atoms with Crippen LogP contribution in [0, 0.1) is 0 Å². The van der Waals surface area contributed by atoms with Gasteiger partial charge in [-0.1, -0.05) is 50.1 Å². The van der Waals surface area contributed by atoms with Crippen LogP contribution in [0.1, 0.15) is 18.1 Å². The molecular formula is C20H23N3O. The van der Waals surface area contributed by atoms with Crippen molar-refractivity contribution in [3.63, 3.8) is 0 Å². The fraction of sp³-hybridized carbons (Fsp3) is 0.100. The lowest BCUT2D eigenvalue weighted by Gasteiger charge is -2.09. The Bertz CT molecular complexity index is 697. The first-order chi connectivity index (χ1) is 11.6. The van der Waals surface area contributed by atoms with E-state index in [1.165, 1.54) is 6.20 Å². The van der Waals surface area contributed by atoms with Crippen molar-refractivity contribution in [2.75, 3.05) is 11.9 Å². The maximum Gasteiger partial charge on any atom is 0.243 e. The summed E-state index contributed by atoms with van der Waals surface area (Å²) in [7, 11) is 0. The number of allylic oxidation sites excluding steroid dienone is 5. The Labute approximate surface area is 143 Å². The van der Waals surface area contributed by atoms with Crippen LogP contribution < -0.4 is 10.6 Å². The molecule has 0 aliphatic rings. The van der Waals surface area contributed by atoms with E-state index in [1.807, 2.05) is 43.4 Å². The van der Waals surface area contributed by atoms with Crippen LogP contribution in [-0.2, 0) is 4.79 Å². The van der Waals surface area contributed by atoms with Gasteiger partial charge in [-0.25, -0.2) is 0 Å². The second-order valence-electron chi connectivity index (χ2n) is 4.88. The summed E-state index contributed by atoms with van der Waals surface area (Å²) in [5.74, 6) is -0.127. The summed E-state index contributed by atoms with van der Waals surface area (Å²) >= 11 is 0. The number of rotatable bonds is 9. The van der Waals surface area contributed by atoms with Gasteiger partial charge in [-0.3, -0.25) is 9.79 Å². The molecule has 4 heteroatoms. The molecule has 1 amide bonds. The SMILES string of the molecule is C=C/C=C\C=C(/C)NCC(=O)Nc1ccc(/C=N\C=C)c(C=C)c1. The second-order valence-corrected chi connectivity index (χ2v) is 4.88. The molecule has 24 heavy (non-hydrogen) atoms. The van der Waals surface area contributed by atoms with Crippen molar-refractivity contribution in [3.8, 4) is 0 Å². The first-order valence-electron chi connectivity index (χ1n) is 7.51. The zero-order chi connectivity index (χ0) is 17.8. The van der Waals surface area contributed by atoms with Crippen molar-refractivity contribution in [3.05, 3.63) is 85.3 Å². The van der Waals surface area contributed by atoms with E-state index in [9.17, 15) is 4.79 Å². The van der Waals surface area contributed by atoms with Gasteiger partial charge in [0.15, 0.2) is 0 Å². The summed E-state index contributed by atoms with van der Waals surface area (Å²) in [4.78, 5) is 16.0. The standard InChI is InChI=1S/C20H23N3O/c1-5-8-9-10-16(4)22-15-20(24)23-19-12-11-18(14-21-7-3)17(6-2)13-19/h5-14,22H,1-3,15H2,4H3,(H,23,24)/b9-8-,16-10+,21-14-. The van der Waals surface area contributed by atoms with Crippen LogP contribution in [-0.4, -0.2) is 18.7 Å². The Balaban J connectivity index is 2.67. The van der Waals surface area contributed by atoms with Crippen LogP contribution in [0.25, 0.3) is 6.08 Å². The Hall–Kier alpha value is -3.14. The van der Waals surface area contributed by atoms with E-state index in [4.69, 9.17) is 0 Å². The molecule has 0 aliphatic heterocycles. The minimum absolute atomic E-state index is 0.127. The number of nitrogens with zero attached hydrogens (tertiary/aromatic N) is 1. The molecule has 1 aromatic carbocycles. The maximum atomic E-state index is 12.0. The smallest absolute Gasteiger partial charge is 0.243 e. The number of carbonyl (C=O) groups is 1. The summed E-state index contributed by atoms with van der Waals surface area (Å²) in [5, 5.41) is 5.89. The summed E-state index contributed by atoms with van der Waals surface area (Å²) in [6.07, 6.45) is 12.1. The molecule has 0 aliphatic carbocycles. The Kier molecular flexibility index (Phi) is 8.32. The van der Waals surface area contributed by atoms with Crippen molar-refractivity contribution in [2.45, 2.75) is 6.92 Å². The lowest BCUT2D eigenvalue weighted by Crippen LogP contribution is -2.26. The highest BCUT2D eigenvalue weighted by molar-refractivity contribution is 5.94. The van der Waals surface area contributed by atoms with E-state index in [2.05, 4.69) is 35.4 Å². The van der Waals surface area contributed by atoms with Gasteiger partial charge in [0.1, 0.15) is 0 Å². The molecule has 4 nitrogen and oxygen atoms in total. The lowest BCUT2D eigenvalue weighted by atomic mass is 10.1. The molecule has 0 radical (unpaired) electrons. The summed E-state index contributed by atoms with van der Waals surface area (Å²) in [5.41, 5.74) is 3.40. The number of nitrogens with one attached hydrogen (secondary N) is 2. The molecule has 0 saturated carbocycles. The van der Waals surface area contributed by atoms with Gasteiger partial charge in [-0.15, -0.1) is 0 Å². The molecular weight excluding hydrogens is 298 g/mol. The Morgan fingerprint density at radius 3 is 2.67 bits per heavy atom. The molecule has 0 spiro atoms. The highest BCUT2D eigenvalue weighted by Gasteiger charge is 2.04. The molecule has 2 N–H and O–H groups in total. The number of amides is 1. The van der Waals surface area contributed by atoms with Crippen molar-refractivity contribution in [1.29, 1.82) is 0 Å². The number of hydrogen-bond acceptors (Lipinski definition) is 3. The van der Waals surface area contributed by atoms with Gasteiger partial charge >= 0.3 is 0 Å². The zero-order valence-electron chi connectivity index (χ0n) is 14.0. The second kappa shape index (κ2) is 10.6. The molecule has 0 bridgehead atoms. The van der Waals surface area contributed by atoms with Gasteiger partial charge in [0.25, 0.3) is 0 Å². The number of hydrogen-bond donors (Lipinski definition) is 2. The molecule has 0 unspecified atom stereocenters. The third-order valence-electron chi connectivity index (χ3n) is 3.03. The van der Waals surface area contributed by atoms with Crippen LogP contribution >= 0.6 is 0 Å². The molecule has 0 heterocycles. The van der Waals surface area contributed by atoms with Gasteiger partial charge < -0.3 is 10.6 Å². The zero-order valence-corrected chi connectivity index (χ0v) is 14.0. The number of carbonyl (C=O) groups excluding carboxylic acids is 1. The molecule has 1 rings (SSSR count). The van der Waals surface area contributed by atoms with Crippen LogP contribution in [0.3, 0.4) is 0 Å². The molecule has 0 aromatic heterocycles. The molecule has 124 valence electrons. The molecule has 0 saturated heterocycles. The van der Waals surface area contributed by atoms with E-state index in [0.717, 1.165) is 16.8 Å². The quantitative estimate of drug-likeness (QED) is 0.532. The molecule has 0 atom stereocenters. The topological polar surface area (TPSA) is 53.5 Å². The fourth-order valence-electron chi connectivity index (χ4n) is 1.84. The third kappa shape index (κ3) is 6.75. The number of benzene rings is 1. The summed E-state index contributed by atoms with van der Waals surface area (Å²) in [6, 6.07) is 5.55. The van der Waals surface area contributed by atoms with Gasteiger partial charge in [0.05, 0.1) is 6.54 Å². The highest BCUT2D eigenvalue weighted by atomic mass is 16.1. The first kappa shape index (κ1) is 18.9. The van der Waals surface area contributed by atoms with E-state index >= 15 is 0 Å². The van der Waals surface area contributed by atoms with Crippen molar-refractivity contribution in [1.82, 2.24) is 5.32 Å². The van der Waals surface area contributed by atoms with E-state index < -0.39 is 0 Å². The third-order valence-corrected chi connectivity index (χ3v) is 3.03. The predicted molar refractivity (Wildman–Crippen MR) is 104 cm³/mol.